The molecule has 0 spiro atoms. The lowest BCUT2D eigenvalue weighted by atomic mass is 10.0. The Kier molecular flexibility index (Phi) is 5.12. The minimum atomic E-state index is -0.516. The summed E-state index contributed by atoms with van der Waals surface area (Å²) in [5, 5.41) is 2.89. The molecule has 3 N–H and O–H groups in total. The van der Waals surface area contributed by atoms with Crippen molar-refractivity contribution in [2.45, 2.75) is 32.9 Å². The standard InChI is InChI=1S/C18H22N2O/c1-13-3-7-15(8-4-13)11-17(19)18(21)20-12-16-9-5-14(2)6-10-16/h3-10,17H,11-12,19H2,1-2H3,(H,20,21)/t17-/m0/s1. The topological polar surface area (TPSA) is 55.1 Å². The first-order valence-corrected chi connectivity index (χ1v) is 7.19. The van der Waals surface area contributed by atoms with Crippen LogP contribution in [-0.4, -0.2) is 11.9 Å². The molecule has 0 radical (unpaired) electrons. The van der Waals surface area contributed by atoms with Gasteiger partial charge in [-0.2, -0.15) is 0 Å². The highest BCUT2D eigenvalue weighted by molar-refractivity contribution is 5.81. The second kappa shape index (κ2) is 7.04. The molecule has 21 heavy (non-hydrogen) atoms. The summed E-state index contributed by atoms with van der Waals surface area (Å²) in [4.78, 5) is 12.0. The Hall–Kier alpha value is -2.13. The van der Waals surface area contributed by atoms with Gasteiger partial charge in [0.1, 0.15) is 0 Å². The second-order valence-electron chi connectivity index (χ2n) is 5.50. The summed E-state index contributed by atoms with van der Waals surface area (Å²) in [6.45, 7) is 4.60. The molecule has 0 saturated heterocycles. The molecule has 2 aromatic carbocycles. The van der Waals surface area contributed by atoms with Gasteiger partial charge in [0.25, 0.3) is 0 Å². The smallest absolute Gasteiger partial charge is 0.237 e. The van der Waals surface area contributed by atoms with Crippen LogP contribution in [0, 0.1) is 13.8 Å². The lowest BCUT2D eigenvalue weighted by molar-refractivity contribution is -0.122. The number of rotatable bonds is 5. The Morgan fingerprint density at radius 2 is 1.43 bits per heavy atom. The number of hydrogen-bond acceptors (Lipinski definition) is 2. The summed E-state index contributed by atoms with van der Waals surface area (Å²) < 4.78 is 0. The second-order valence-corrected chi connectivity index (χ2v) is 5.50. The normalized spacial score (nSPS) is 12.0. The highest BCUT2D eigenvalue weighted by atomic mass is 16.2. The zero-order valence-corrected chi connectivity index (χ0v) is 12.6. The molecular weight excluding hydrogens is 260 g/mol. The quantitative estimate of drug-likeness (QED) is 0.885. The SMILES string of the molecule is Cc1ccc(CNC(=O)[C@@H](N)Cc2ccc(C)cc2)cc1. The monoisotopic (exact) mass is 282 g/mol. The minimum Gasteiger partial charge on any atom is -0.351 e. The van der Waals surface area contributed by atoms with Gasteiger partial charge in [-0.3, -0.25) is 4.79 Å². The Labute approximate surface area is 126 Å². The van der Waals surface area contributed by atoms with Gasteiger partial charge in [-0.25, -0.2) is 0 Å². The zero-order valence-electron chi connectivity index (χ0n) is 12.6. The van der Waals surface area contributed by atoms with E-state index in [1.165, 1.54) is 11.1 Å². The van der Waals surface area contributed by atoms with Gasteiger partial charge in [-0.1, -0.05) is 59.7 Å². The third kappa shape index (κ3) is 4.72. The molecule has 2 aromatic rings. The summed E-state index contributed by atoms with van der Waals surface area (Å²) in [5.41, 5.74) is 10.5. The van der Waals surface area contributed by atoms with Crippen LogP contribution in [-0.2, 0) is 17.8 Å². The zero-order chi connectivity index (χ0) is 15.2. The third-order valence-corrected chi connectivity index (χ3v) is 3.50. The fourth-order valence-electron chi connectivity index (χ4n) is 2.10. The Morgan fingerprint density at radius 1 is 0.952 bits per heavy atom. The lowest BCUT2D eigenvalue weighted by Crippen LogP contribution is -2.41. The molecule has 0 aliphatic rings. The molecule has 0 aliphatic heterocycles. The number of nitrogens with one attached hydrogen (secondary N) is 1. The summed E-state index contributed by atoms with van der Waals surface area (Å²) >= 11 is 0. The van der Waals surface area contributed by atoms with Gasteiger partial charge in [0, 0.05) is 6.54 Å². The first-order chi connectivity index (χ1) is 10.0. The van der Waals surface area contributed by atoms with E-state index in [1.807, 2.05) is 62.4 Å². The maximum atomic E-state index is 12.0. The van der Waals surface area contributed by atoms with Crippen LogP contribution >= 0.6 is 0 Å². The van der Waals surface area contributed by atoms with E-state index in [9.17, 15) is 4.79 Å². The third-order valence-electron chi connectivity index (χ3n) is 3.50. The van der Waals surface area contributed by atoms with Crippen LogP contribution < -0.4 is 11.1 Å². The molecule has 2 rings (SSSR count). The first kappa shape index (κ1) is 15.3. The van der Waals surface area contributed by atoms with Crippen LogP contribution in [0.4, 0.5) is 0 Å². The van der Waals surface area contributed by atoms with E-state index in [0.717, 1.165) is 11.1 Å². The predicted molar refractivity (Wildman–Crippen MR) is 85.9 cm³/mol. The maximum absolute atomic E-state index is 12.0. The van der Waals surface area contributed by atoms with Crippen molar-refractivity contribution in [3.05, 3.63) is 70.8 Å². The van der Waals surface area contributed by atoms with Crippen LogP contribution in [0.1, 0.15) is 22.3 Å². The molecule has 3 heteroatoms. The van der Waals surface area contributed by atoms with E-state index in [4.69, 9.17) is 5.73 Å². The van der Waals surface area contributed by atoms with Crippen LogP contribution in [0.15, 0.2) is 48.5 Å². The summed E-state index contributed by atoms with van der Waals surface area (Å²) in [5.74, 6) is -0.115. The molecular formula is C18H22N2O. The van der Waals surface area contributed by atoms with E-state index in [-0.39, 0.29) is 5.91 Å². The van der Waals surface area contributed by atoms with Crippen LogP contribution in [0.3, 0.4) is 0 Å². The van der Waals surface area contributed by atoms with Crippen molar-refractivity contribution in [2.75, 3.05) is 0 Å². The van der Waals surface area contributed by atoms with E-state index in [2.05, 4.69) is 5.32 Å². The Balaban J connectivity index is 1.84. The van der Waals surface area contributed by atoms with Gasteiger partial charge in [-0.05, 0) is 31.4 Å². The van der Waals surface area contributed by atoms with Crippen molar-refractivity contribution in [3.63, 3.8) is 0 Å². The number of carbonyl (C=O) groups excluding carboxylic acids is 1. The molecule has 0 fully saturated rings. The van der Waals surface area contributed by atoms with Gasteiger partial charge in [-0.15, -0.1) is 0 Å². The van der Waals surface area contributed by atoms with E-state index in [0.29, 0.717) is 13.0 Å². The molecule has 0 unspecified atom stereocenters. The average Bonchev–Trinajstić information content (AvgIpc) is 2.48. The van der Waals surface area contributed by atoms with Crippen molar-refractivity contribution >= 4 is 5.91 Å². The maximum Gasteiger partial charge on any atom is 0.237 e. The number of carbonyl (C=O) groups is 1. The molecule has 1 amide bonds. The van der Waals surface area contributed by atoms with Gasteiger partial charge in [0.2, 0.25) is 5.91 Å². The first-order valence-electron chi connectivity index (χ1n) is 7.19. The number of aryl methyl sites for hydroxylation is 2. The van der Waals surface area contributed by atoms with Crippen molar-refractivity contribution in [1.29, 1.82) is 0 Å². The molecule has 0 heterocycles. The molecule has 0 aliphatic carbocycles. The van der Waals surface area contributed by atoms with E-state index in [1.54, 1.807) is 0 Å². The van der Waals surface area contributed by atoms with Gasteiger partial charge in [0.15, 0.2) is 0 Å². The summed E-state index contributed by atoms with van der Waals surface area (Å²) in [6.07, 6.45) is 0.556. The summed E-state index contributed by atoms with van der Waals surface area (Å²) in [6, 6.07) is 15.7. The van der Waals surface area contributed by atoms with Crippen LogP contribution in [0.5, 0.6) is 0 Å². The molecule has 0 aromatic heterocycles. The number of hydrogen-bond donors (Lipinski definition) is 2. The average molecular weight is 282 g/mol. The molecule has 0 saturated carbocycles. The summed E-state index contributed by atoms with van der Waals surface area (Å²) in [7, 11) is 0. The molecule has 1 atom stereocenters. The fourth-order valence-corrected chi connectivity index (χ4v) is 2.10. The molecule has 110 valence electrons. The van der Waals surface area contributed by atoms with Gasteiger partial charge >= 0.3 is 0 Å². The number of benzene rings is 2. The van der Waals surface area contributed by atoms with E-state index < -0.39 is 6.04 Å². The minimum absolute atomic E-state index is 0.115. The lowest BCUT2D eigenvalue weighted by Gasteiger charge is -2.12. The van der Waals surface area contributed by atoms with Gasteiger partial charge < -0.3 is 11.1 Å². The fraction of sp³-hybridized carbons (Fsp3) is 0.278. The van der Waals surface area contributed by atoms with Crippen LogP contribution in [0.2, 0.25) is 0 Å². The Bertz CT molecular complexity index is 588. The number of amides is 1. The predicted octanol–water partition coefficient (Wildman–Crippen LogP) is 2.49. The molecule has 3 nitrogen and oxygen atoms in total. The highest BCUT2D eigenvalue weighted by Crippen LogP contribution is 2.06. The van der Waals surface area contributed by atoms with Crippen molar-refractivity contribution in [1.82, 2.24) is 5.32 Å². The van der Waals surface area contributed by atoms with Crippen LogP contribution in [0.25, 0.3) is 0 Å². The largest absolute Gasteiger partial charge is 0.351 e. The number of nitrogens with two attached hydrogens (primary N) is 1. The highest BCUT2D eigenvalue weighted by Gasteiger charge is 2.13. The van der Waals surface area contributed by atoms with Gasteiger partial charge in [0.05, 0.1) is 6.04 Å². The molecule has 0 bridgehead atoms. The van der Waals surface area contributed by atoms with Crippen molar-refractivity contribution < 1.29 is 4.79 Å². The Morgan fingerprint density at radius 3 is 1.95 bits per heavy atom. The van der Waals surface area contributed by atoms with Crippen molar-refractivity contribution in [3.8, 4) is 0 Å². The van der Waals surface area contributed by atoms with E-state index >= 15 is 0 Å². The van der Waals surface area contributed by atoms with Crippen molar-refractivity contribution in [2.24, 2.45) is 5.73 Å².